The van der Waals surface area contributed by atoms with E-state index >= 15 is 0 Å². The number of carbonyl (C=O) groups is 1. The van der Waals surface area contributed by atoms with Crippen molar-refractivity contribution in [2.45, 2.75) is 51.2 Å². The number of hydrogen-bond donors (Lipinski definition) is 3. The van der Waals surface area contributed by atoms with E-state index < -0.39 is 11.8 Å². The van der Waals surface area contributed by atoms with E-state index in [1.54, 1.807) is 37.0 Å². The molecule has 0 aliphatic carbocycles. The Labute approximate surface area is 198 Å². The summed E-state index contributed by atoms with van der Waals surface area (Å²) in [6, 6.07) is 7.69. The summed E-state index contributed by atoms with van der Waals surface area (Å²) in [6.07, 6.45) is 4.57. The van der Waals surface area contributed by atoms with Crippen LogP contribution in [0.5, 0.6) is 0 Å². The van der Waals surface area contributed by atoms with Crippen LogP contribution in [0.15, 0.2) is 36.5 Å². The molecule has 0 aliphatic heterocycles. The van der Waals surface area contributed by atoms with Crippen molar-refractivity contribution in [1.82, 2.24) is 15.8 Å². The second kappa shape index (κ2) is 13.7. The standard InChI is InChI=1S/C23H30Cl2FN3O3/c1-3-20(22-19(25)13-17(24)14-28-22)27-11-5-4-6-16(23(30)29-31)12-21(32-2)15-7-9-18(26)10-8-15/h7-10,13-14,16,20-21,27,31H,3-6,11-12H2,1-2H3,(H,29,30)/t16-,20+,21+/m0/s1. The van der Waals surface area contributed by atoms with Gasteiger partial charge in [0.05, 0.1) is 27.9 Å². The van der Waals surface area contributed by atoms with E-state index in [-0.39, 0.29) is 18.0 Å². The molecular weight excluding hydrogens is 456 g/mol. The lowest BCUT2D eigenvalue weighted by molar-refractivity contribution is -0.135. The first kappa shape index (κ1) is 26.5. The maximum Gasteiger partial charge on any atom is 0.246 e. The highest BCUT2D eigenvalue weighted by Crippen LogP contribution is 2.28. The third-order valence-corrected chi connectivity index (χ3v) is 5.96. The SMILES string of the molecule is CC[C@@H](NCCCC[C@@H](C[C@@H](OC)c1ccc(F)cc1)C(=O)NO)c1ncc(Cl)cc1Cl. The molecule has 9 heteroatoms. The van der Waals surface area contributed by atoms with E-state index in [1.165, 1.54) is 12.1 Å². The highest BCUT2D eigenvalue weighted by molar-refractivity contribution is 6.34. The Morgan fingerprint density at radius 2 is 1.97 bits per heavy atom. The van der Waals surface area contributed by atoms with E-state index in [4.69, 9.17) is 33.1 Å². The van der Waals surface area contributed by atoms with Crippen LogP contribution in [0, 0.1) is 11.7 Å². The molecule has 0 spiro atoms. The van der Waals surface area contributed by atoms with Crippen LogP contribution in [0.4, 0.5) is 4.39 Å². The average molecular weight is 486 g/mol. The Bertz CT molecular complexity index is 855. The quantitative estimate of drug-likeness (QED) is 0.194. The Morgan fingerprint density at radius 3 is 2.56 bits per heavy atom. The van der Waals surface area contributed by atoms with Crippen LogP contribution in [0.2, 0.25) is 10.0 Å². The van der Waals surface area contributed by atoms with Gasteiger partial charge in [-0.05, 0) is 56.0 Å². The summed E-state index contributed by atoms with van der Waals surface area (Å²) < 4.78 is 18.7. The van der Waals surface area contributed by atoms with Gasteiger partial charge in [0.2, 0.25) is 5.91 Å². The fourth-order valence-electron chi connectivity index (χ4n) is 3.66. The molecule has 1 heterocycles. The highest BCUT2D eigenvalue weighted by Gasteiger charge is 2.24. The Kier molecular flexibility index (Phi) is 11.3. The number of carbonyl (C=O) groups excluding carboxylic acids is 1. The molecule has 0 unspecified atom stereocenters. The van der Waals surface area contributed by atoms with Gasteiger partial charge < -0.3 is 10.1 Å². The molecule has 1 amide bonds. The highest BCUT2D eigenvalue weighted by atomic mass is 35.5. The molecule has 0 saturated carbocycles. The summed E-state index contributed by atoms with van der Waals surface area (Å²) >= 11 is 12.2. The van der Waals surface area contributed by atoms with E-state index in [2.05, 4.69) is 10.3 Å². The maximum atomic E-state index is 13.2. The van der Waals surface area contributed by atoms with Crippen LogP contribution >= 0.6 is 23.2 Å². The zero-order chi connectivity index (χ0) is 23.5. The van der Waals surface area contributed by atoms with E-state index in [0.717, 1.165) is 37.1 Å². The first-order valence-corrected chi connectivity index (χ1v) is 11.4. The van der Waals surface area contributed by atoms with Crippen molar-refractivity contribution in [2.24, 2.45) is 5.92 Å². The first-order valence-electron chi connectivity index (χ1n) is 10.7. The summed E-state index contributed by atoms with van der Waals surface area (Å²) in [6.45, 7) is 2.77. The summed E-state index contributed by atoms with van der Waals surface area (Å²) in [4.78, 5) is 16.5. The topological polar surface area (TPSA) is 83.5 Å². The molecule has 32 heavy (non-hydrogen) atoms. The fourth-order valence-corrected chi connectivity index (χ4v) is 4.17. The largest absolute Gasteiger partial charge is 0.377 e. The average Bonchev–Trinajstić information content (AvgIpc) is 2.79. The monoisotopic (exact) mass is 485 g/mol. The van der Waals surface area contributed by atoms with Crippen molar-refractivity contribution >= 4 is 29.1 Å². The van der Waals surface area contributed by atoms with Crippen LogP contribution in [0.25, 0.3) is 0 Å². The number of rotatable bonds is 13. The van der Waals surface area contributed by atoms with E-state index in [0.29, 0.717) is 22.9 Å². The second-order valence-corrected chi connectivity index (χ2v) is 8.46. The van der Waals surface area contributed by atoms with Gasteiger partial charge in [0, 0.05) is 19.2 Å². The molecule has 0 bridgehead atoms. The van der Waals surface area contributed by atoms with Gasteiger partial charge in [-0.2, -0.15) is 0 Å². The number of pyridine rings is 1. The maximum absolute atomic E-state index is 13.2. The number of aromatic nitrogens is 1. The smallest absolute Gasteiger partial charge is 0.246 e. The van der Waals surface area contributed by atoms with Gasteiger partial charge in [-0.25, -0.2) is 9.87 Å². The number of nitrogens with one attached hydrogen (secondary N) is 2. The zero-order valence-electron chi connectivity index (χ0n) is 18.3. The van der Waals surface area contributed by atoms with Gasteiger partial charge in [0.25, 0.3) is 0 Å². The molecule has 2 rings (SSSR count). The molecule has 176 valence electrons. The third kappa shape index (κ3) is 7.98. The molecule has 0 saturated heterocycles. The molecule has 1 aromatic heterocycles. The van der Waals surface area contributed by atoms with Crippen molar-refractivity contribution < 1.29 is 19.1 Å². The number of amides is 1. The van der Waals surface area contributed by atoms with Crippen LogP contribution in [-0.2, 0) is 9.53 Å². The Hall–Kier alpha value is -1.77. The van der Waals surface area contributed by atoms with Crippen LogP contribution < -0.4 is 10.8 Å². The number of benzene rings is 1. The number of methoxy groups -OCH3 is 1. The minimum Gasteiger partial charge on any atom is -0.377 e. The lowest BCUT2D eigenvalue weighted by Crippen LogP contribution is -2.30. The summed E-state index contributed by atoms with van der Waals surface area (Å²) in [5, 5.41) is 13.6. The number of hydroxylamine groups is 1. The molecular formula is C23H30Cl2FN3O3. The van der Waals surface area contributed by atoms with Gasteiger partial charge in [-0.1, -0.05) is 48.7 Å². The minimum atomic E-state index is -0.453. The lowest BCUT2D eigenvalue weighted by atomic mass is 9.91. The van der Waals surface area contributed by atoms with Gasteiger partial charge in [-0.15, -0.1) is 0 Å². The van der Waals surface area contributed by atoms with E-state index in [9.17, 15) is 9.18 Å². The van der Waals surface area contributed by atoms with Crippen LogP contribution in [-0.4, -0.2) is 29.8 Å². The van der Waals surface area contributed by atoms with Crippen molar-refractivity contribution in [3.63, 3.8) is 0 Å². The van der Waals surface area contributed by atoms with Gasteiger partial charge >= 0.3 is 0 Å². The minimum absolute atomic E-state index is 0.00709. The first-order chi connectivity index (χ1) is 15.4. The van der Waals surface area contributed by atoms with Crippen molar-refractivity contribution in [3.8, 4) is 0 Å². The molecule has 2 aromatic rings. The van der Waals surface area contributed by atoms with Crippen molar-refractivity contribution in [1.29, 1.82) is 0 Å². The molecule has 3 N–H and O–H groups in total. The number of unbranched alkanes of at least 4 members (excludes halogenated alkanes) is 1. The predicted octanol–water partition coefficient (Wildman–Crippen LogP) is 5.64. The summed E-state index contributed by atoms with van der Waals surface area (Å²) in [5.41, 5.74) is 3.30. The molecule has 0 fully saturated rings. The second-order valence-electron chi connectivity index (χ2n) is 7.62. The third-order valence-electron chi connectivity index (χ3n) is 5.45. The normalized spacial score (nSPS) is 14.1. The van der Waals surface area contributed by atoms with Crippen molar-refractivity contribution in [3.05, 3.63) is 63.6 Å². The molecule has 3 atom stereocenters. The summed E-state index contributed by atoms with van der Waals surface area (Å²) in [7, 11) is 1.55. The number of hydrogen-bond acceptors (Lipinski definition) is 5. The predicted molar refractivity (Wildman–Crippen MR) is 123 cm³/mol. The van der Waals surface area contributed by atoms with Gasteiger partial charge in [0.15, 0.2) is 0 Å². The fraction of sp³-hybridized carbons (Fsp3) is 0.478. The number of halogens is 3. The van der Waals surface area contributed by atoms with Crippen molar-refractivity contribution in [2.75, 3.05) is 13.7 Å². The van der Waals surface area contributed by atoms with Gasteiger partial charge in [0.1, 0.15) is 5.82 Å². The molecule has 6 nitrogen and oxygen atoms in total. The molecule has 1 aromatic carbocycles. The number of nitrogens with zero attached hydrogens (tertiary/aromatic N) is 1. The molecule has 0 aliphatic rings. The van der Waals surface area contributed by atoms with Gasteiger partial charge in [-0.3, -0.25) is 15.0 Å². The Morgan fingerprint density at radius 1 is 1.25 bits per heavy atom. The van der Waals surface area contributed by atoms with Crippen LogP contribution in [0.1, 0.15) is 62.4 Å². The Balaban J connectivity index is 1.87. The zero-order valence-corrected chi connectivity index (χ0v) is 19.8. The van der Waals surface area contributed by atoms with E-state index in [1.807, 2.05) is 6.92 Å². The summed E-state index contributed by atoms with van der Waals surface area (Å²) in [5.74, 6) is -1.23. The molecule has 0 radical (unpaired) electrons. The number of ether oxygens (including phenoxy) is 1. The van der Waals surface area contributed by atoms with Crippen LogP contribution in [0.3, 0.4) is 0 Å². The lowest BCUT2D eigenvalue weighted by Gasteiger charge is -2.22.